The average molecular weight is 480 g/mol. The number of nitrogens with zero attached hydrogens (tertiary/aromatic N) is 2. The van der Waals surface area contributed by atoms with E-state index in [0.717, 1.165) is 16.0 Å². The molecule has 2 aromatic heterocycles. The molecule has 1 N–H and O–H groups in total. The number of aryl methyl sites for hydroxylation is 1. The quantitative estimate of drug-likeness (QED) is 0.429. The number of halogens is 1. The van der Waals surface area contributed by atoms with E-state index in [2.05, 4.69) is 10.3 Å². The van der Waals surface area contributed by atoms with Crippen molar-refractivity contribution < 1.29 is 14.3 Å². The van der Waals surface area contributed by atoms with Gasteiger partial charge in [-0.2, -0.15) is 0 Å². The van der Waals surface area contributed by atoms with Gasteiger partial charge in [0.1, 0.15) is 10.6 Å². The Labute approximate surface area is 197 Å². The Morgan fingerprint density at radius 1 is 1.21 bits per heavy atom. The standard InChI is InChI=1S/C24H18ClN3O4S/c1-12-22(30)27-17-9-15(5-8-19(17)32-12)18(29)10-28-11-26-23-21(24(28)31)20(13(2)33-23)14-3-6-16(25)7-4-14/h3-9,11-12H,10H2,1-2H3,(H,27,30). The summed E-state index contributed by atoms with van der Waals surface area (Å²) in [5.41, 5.74) is 2.17. The highest BCUT2D eigenvalue weighted by atomic mass is 35.5. The van der Waals surface area contributed by atoms with E-state index in [9.17, 15) is 14.4 Å². The largest absolute Gasteiger partial charge is 0.479 e. The lowest BCUT2D eigenvalue weighted by Gasteiger charge is -2.23. The van der Waals surface area contributed by atoms with Gasteiger partial charge in [-0.1, -0.05) is 23.7 Å². The van der Waals surface area contributed by atoms with Crippen molar-refractivity contribution in [2.24, 2.45) is 0 Å². The van der Waals surface area contributed by atoms with Crippen LogP contribution in [0.4, 0.5) is 5.69 Å². The fraction of sp³-hybridized carbons (Fsp3) is 0.167. The van der Waals surface area contributed by atoms with Crippen LogP contribution >= 0.6 is 22.9 Å². The molecule has 3 heterocycles. The van der Waals surface area contributed by atoms with Gasteiger partial charge in [0.05, 0.1) is 23.9 Å². The number of anilines is 1. The highest BCUT2D eigenvalue weighted by molar-refractivity contribution is 7.19. The van der Waals surface area contributed by atoms with Gasteiger partial charge in [-0.15, -0.1) is 11.3 Å². The minimum atomic E-state index is -0.598. The zero-order valence-corrected chi connectivity index (χ0v) is 19.3. The van der Waals surface area contributed by atoms with E-state index in [1.54, 1.807) is 37.3 Å². The maximum atomic E-state index is 13.4. The van der Waals surface area contributed by atoms with Gasteiger partial charge in [-0.25, -0.2) is 4.98 Å². The molecule has 166 valence electrons. The van der Waals surface area contributed by atoms with Crippen LogP contribution in [0.2, 0.25) is 5.02 Å². The number of hydrogen-bond acceptors (Lipinski definition) is 6. The SMILES string of the molecule is Cc1sc2ncn(CC(=O)c3ccc4c(c3)NC(=O)C(C)O4)c(=O)c2c1-c1ccc(Cl)cc1. The number of carbonyl (C=O) groups is 2. The minimum absolute atomic E-state index is 0.180. The molecule has 0 spiro atoms. The van der Waals surface area contributed by atoms with Gasteiger partial charge >= 0.3 is 0 Å². The normalized spacial score (nSPS) is 15.1. The van der Waals surface area contributed by atoms with Crippen molar-refractivity contribution in [3.05, 3.63) is 74.6 Å². The topological polar surface area (TPSA) is 90.3 Å². The lowest BCUT2D eigenvalue weighted by Crippen LogP contribution is -2.34. The number of ketones is 1. The van der Waals surface area contributed by atoms with Gasteiger partial charge in [-0.3, -0.25) is 19.0 Å². The molecule has 5 rings (SSSR count). The maximum Gasteiger partial charge on any atom is 0.265 e. The number of thiophene rings is 1. The number of Topliss-reactive ketones (excluding diaryl/α,β-unsaturated/α-hetero) is 1. The molecule has 1 aliphatic rings. The lowest BCUT2D eigenvalue weighted by atomic mass is 10.0. The van der Waals surface area contributed by atoms with Gasteiger partial charge in [0.2, 0.25) is 0 Å². The number of amides is 1. The summed E-state index contributed by atoms with van der Waals surface area (Å²) in [6, 6.07) is 12.1. The van der Waals surface area contributed by atoms with Crippen LogP contribution in [0.15, 0.2) is 53.6 Å². The van der Waals surface area contributed by atoms with Crippen molar-refractivity contribution in [3.8, 4) is 16.9 Å². The lowest BCUT2D eigenvalue weighted by molar-refractivity contribution is -0.122. The molecule has 7 nitrogen and oxygen atoms in total. The molecule has 1 atom stereocenters. The van der Waals surface area contributed by atoms with E-state index in [4.69, 9.17) is 16.3 Å². The molecule has 33 heavy (non-hydrogen) atoms. The Balaban J connectivity index is 1.50. The molecule has 4 aromatic rings. The van der Waals surface area contributed by atoms with Crippen LogP contribution in [0, 0.1) is 6.92 Å². The van der Waals surface area contributed by atoms with Crippen LogP contribution in [-0.4, -0.2) is 27.3 Å². The zero-order chi connectivity index (χ0) is 23.3. The highest BCUT2D eigenvalue weighted by Gasteiger charge is 2.24. The van der Waals surface area contributed by atoms with E-state index in [0.29, 0.717) is 32.2 Å². The summed E-state index contributed by atoms with van der Waals surface area (Å²) in [7, 11) is 0. The highest BCUT2D eigenvalue weighted by Crippen LogP contribution is 2.36. The Morgan fingerprint density at radius 3 is 2.73 bits per heavy atom. The predicted octanol–water partition coefficient (Wildman–Crippen LogP) is 4.69. The third-order valence-electron chi connectivity index (χ3n) is 5.53. The molecule has 2 aromatic carbocycles. The first-order valence-corrected chi connectivity index (χ1v) is 11.4. The fourth-order valence-corrected chi connectivity index (χ4v) is 4.97. The first kappa shape index (κ1) is 21.4. The van der Waals surface area contributed by atoms with Crippen molar-refractivity contribution in [1.82, 2.24) is 9.55 Å². The van der Waals surface area contributed by atoms with Gasteiger partial charge in [0, 0.05) is 21.0 Å². The first-order valence-electron chi connectivity index (χ1n) is 10.2. The number of benzene rings is 2. The number of carbonyl (C=O) groups excluding carboxylic acids is 2. The summed E-state index contributed by atoms with van der Waals surface area (Å²) < 4.78 is 6.85. The average Bonchev–Trinajstić information content (AvgIpc) is 3.13. The summed E-state index contributed by atoms with van der Waals surface area (Å²) in [6.45, 7) is 3.41. The molecule has 0 fully saturated rings. The Bertz CT molecular complexity index is 1490. The van der Waals surface area contributed by atoms with E-state index >= 15 is 0 Å². The summed E-state index contributed by atoms with van der Waals surface area (Å²) in [5, 5.41) is 3.82. The molecule has 1 amide bonds. The van der Waals surface area contributed by atoms with Crippen LogP contribution in [-0.2, 0) is 11.3 Å². The number of nitrogens with one attached hydrogen (secondary N) is 1. The van der Waals surface area contributed by atoms with Gasteiger partial charge in [-0.05, 0) is 49.7 Å². The summed E-state index contributed by atoms with van der Waals surface area (Å²) in [4.78, 5) is 44.2. The van der Waals surface area contributed by atoms with Crippen molar-refractivity contribution in [2.45, 2.75) is 26.5 Å². The van der Waals surface area contributed by atoms with E-state index in [1.165, 1.54) is 22.2 Å². The first-order chi connectivity index (χ1) is 15.8. The molecule has 0 aliphatic carbocycles. The van der Waals surface area contributed by atoms with E-state index in [1.807, 2.05) is 19.1 Å². The third kappa shape index (κ3) is 3.81. The molecule has 0 bridgehead atoms. The Morgan fingerprint density at radius 2 is 1.97 bits per heavy atom. The van der Waals surface area contributed by atoms with Crippen LogP contribution in [0.25, 0.3) is 21.3 Å². The summed E-state index contributed by atoms with van der Waals surface area (Å²) in [5.74, 6) is -0.0605. The summed E-state index contributed by atoms with van der Waals surface area (Å²) >= 11 is 7.45. The monoisotopic (exact) mass is 479 g/mol. The van der Waals surface area contributed by atoms with Crippen molar-refractivity contribution in [2.75, 3.05) is 5.32 Å². The van der Waals surface area contributed by atoms with Crippen molar-refractivity contribution >= 4 is 50.5 Å². The third-order valence-corrected chi connectivity index (χ3v) is 6.80. The summed E-state index contributed by atoms with van der Waals surface area (Å²) in [6.07, 6.45) is 0.800. The van der Waals surface area contributed by atoms with E-state index in [-0.39, 0.29) is 23.8 Å². The van der Waals surface area contributed by atoms with Crippen LogP contribution in [0.1, 0.15) is 22.2 Å². The maximum absolute atomic E-state index is 13.4. The molecule has 9 heteroatoms. The Kier molecular flexibility index (Phi) is 5.26. The number of ether oxygens (including phenoxy) is 1. The fourth-order valence-electron chi connectivity index (χ4n) is 3.84. The molecular formula is C24H18ClN3O4S. The molecule has 1 unspecified atom stereocenters. The van der Waals surface area contributed by atoms with Crippen LogP contribution in [0.5, 0.6) is 5.75 Å². The molecule has 0 saturated heterocycles. The van der Waals surface area contributed by atoms with Gasteiger partial charge in [0.15, 0.2) is 11.9 Å². The second kappa shape index (κ2) is 8.13. The number of fused-ring (bicyclic) bond motifs is 2. The van der Waals surface area contributed by atoms with Crippen molar-refractivity contribution in [3.63, 3.8) is 0 Å². The smallest absolute Gasteiger partial charge is 0.265 e. The van der Waals surface area contributed by atoms with Crippen LogP contribution in [0.3, 0.4) is 0 Å². The van der Waals surface area contributed by atoms with Crippen LogP contribution < -0.4 is 15.6 Å². The van der Waals surface area contributed by atoms with Gasteiger partial charge in [0.25, 0.3) is 11.5 Å². The molecule has 1 aliphatic heterocycles. The molecular weight excluding hydrogens is 462 g/mol. The molecule has 0 radical (unpaired) electrons. The van der Waals surface area contributed by atoms with Crippen molar-refractivity contribution in [1.29, 1.82) is 0 Å². The second-order valence-electron chi connectivity index (χ2n) is 7.78. The van der Waals surface area contributed by atoms with Gasteiger partial charge < -0.3 is 10.1 Å². The number of rotatable bonds is 4. The minimum Gasteiger partial charge on any atom is -0.479 e. The van der Waals surface area contributed by atoms with E-state index < -0.39 is 6.10 Å². The predicted molar refractivity (Wildman–Crippen MR) is 129 cm³/mol. The second-order valence-corrected chi connectivity index (χ2v) is 9.42. The number of aromatic nitrogens is 2. The zero-order valence-electron chi connectivity index (χ0n) is 17.7. The Hall–Kier alpha value is -3.49. The molecule has 0 saturated carbocycles. The number of hydrogen-bond donors (Lipinski definition) is 1.